The summed E-state index contributed by atoms with van der Waals surface area (Å²) in [5.74, 6) is 0.282. The summed E-state index contributed by atoms with van der Waals surface area (Å²) in [5.41, 5.74) is -2.15. The minimum absolute atomic E-state index is 0.141. The summed E-state index contributed by atoms with van der Waals surface area (Å²) in [6.07, 6.45) is 2.41. The van der Waals surface area contributed by atoms with Gasteiger partial charge in [-0.3, -0.25) is 0 Å². The second-order valence-electron chi connectivity index (χ2n) is 3.34. The SMILES string of the molecule is C[c-]1occc(=O)c1=O.C[c-]1occc(=O)c1=O.[O]=[V+2]. The van der Waals surface area contributed by atoms with Gasteiger partial charge in [0.25, 0.3) is 0 Å². The van der Waals surface area contributed by atoms with E-state index in [4.69, 9.17) is 3.67 Å². The van der Waals surface area contributed by atoms with Crippen molar-refractivity contribution in [3.63, 3.8) is 0 Å². The van der Waals surface area contributed by atoms with Crippen LogP contribution in [0.3, 0.4) is 0 Å². The van der Waals surface area contributed by atoms with Gasteiger partial charge in [-0.15, -0.1) is 0 Å². The molecule has 0 unspecified atom stereocenters. The van der Waals surface area contributed by atoms with E-state index in [1.165, 1.54) is 26.4 Å². The number of hydrogen-bond acceptors (Lipinski definition) is 7. The van der Waals surface area contributed by atoms with Crippen molar-refractivity contribution in [3.8, 4) is 0 Å². The summed E-state index contributed by atoms with van der Waals surface area (Å²) in [6.45, 7) is 2.92. The molecule has 2 aromatic heterocycles. The zero-order valence-electron chi connectivity index (χ0n) is 10.6. The predicted molar refractivity (Wildman–Crippen MR) is 63.8 cm³/mol. The Morgan fingerprint density at radius 2 is 1.10 bits per heavy atom. The van der Waals surface area contributed by atoms with Crippen LogP contribution in [-0.4, -0.2) is 0 Å². The first-order valence-electron chi connectivity index (χ1n) is 5.12. The molecule has 8 heteroatoms. The fourth-order valence-corrected chi connectivity index (χ4v) is 1.00. The van der Waals surface area contributed by atoms with Gasteiger partial charge in [0, 0.05) is 11.5 Å². The molecule has 0 spiro atoms. The fourth-order valence-electron chi connectivity index (χ4n) is 1.00. The summed E-state index contributed by atoms with van der Waals surface area (Å²) >= 11 is 1.06. The van der Waals surface area contributed by atoms with E-state index in [1.54, 1.807) is 0 Å². The molecule has 0 radical (unpaired) electrons. The Balaban J connectivity index is 0.000000321. The minimum atomic E-state index is -0.558. The Labute approximate surface area is 121 Å². The summed E-state index contributed by atoms with van der Waals surface area (Å²) in [6, 6.07) is 2.21. The van der Waals surface area contributed by atoms with Gasteiger partial charge in [0.2, 0.25) is 0 Å². The average molecular weight is 317 g/mol. The Bertz CT molecular complexity index is 697. The van der Waals surface area contributed by atoms with E-state index >= 15 is 0 Å². The van der Waals surface area contributed by atoms with E-state index in [9.17, 15) is 19.2 Å². The molecule has 0 amide bonds. The van der Waals surface area contributed by atoms with Crippen LogP contribution in [0.4, 0.5) is 0 Å². The molecule has 0 saturated carbocycles. The Hall–Kier alpha value is -2.12. The van der Waals surface area contributed by atoms with Crippen LogP contribution in [0.15, 0.2) is 52.7 Å². The standard InChI is InChI=1S/2C6H5O3.O.V/c2*1-4-6(8)5(7)2-3-9-4;;/h2*2-3H,1H3;;/q2*-1;;+2. The molecule has 0 aliphatic rings. The van der Waals surface area contributed by atoms with Crippen LogP contribution < -0.4 is 21.7 Å². The molecule has 0 aliphatic carbocycles. The van der Waals surface area contributed by atoms with Gasteiger partial charge in [-0.2, -0.15) is 0 Å². The molecule has 0 bridgehead atoms. The van der Waals surface area contributed by atoms with Crippen LogP contribution in [0.5, 0.6) is 0 Å². The molecule has 2 rings (SSSR count). The average Bonchev–Trinajstić information content (AvgIpc) is 2.45. The maximum atomic E-state index is 10.6. The molecular formula is C12H10O7V. The molecule has 2 aromatic rings. The van der Waals surface area contributed by atoms with Crippen LogP contribution in [0, 0.1) is 13.8 Å². The third-order valence-corrected chi connectivity index (χ3v) is 2.02. The molecule has 0 atom stereocenters. The van der Waals surface area contributed by atoms with Gasteiger partial charge in [0.1, 0.15) is 10.9 Å². The fraction of sp³-hybridized carbons (Fsp3) is 0.167. The van der Waals surface area contributed by atoms with E-state index in [1.807, 2.05) is 0 Å². The van der Waals surface area contributed by atoms with Crippen LogP contribution in [0.1, 0.15) is 11.5 Å². The van der Waals surface area contributed by atoms with Gasteiger partial charge in [-0.1, -0.05) is 26.0 Å². The first-order chi connectivity index (χ1) is 9.43. The molecule has 0 saturated heterocycles. The van der Waals surface area contributed by atoms with E-state index in [2.05, 4.69) is 8.83 Å². The monoisotopic (exact) mass is 317 g/mol. The van der Waals surface area contributed by atoms with Crippen LogP contribution in [0.25, 0.3) is 0 Å². The molecule has 0 aliphatic heterocycles. The van der Waals surface area contributed by atoms with Crippen molar-refractivity contribution < 1.29 is 29.9 Å². The van der Waals surface area contributed by atoms with Crippen molar-refractivity contribution in [2.45, 2.75) is 13.8 Å². The summed E-state index contributed by atoms with van der Waals surface area (Å²) < 4.78 is 17.4. The topological polar surface area (TPSA) is 112 Å². The van der Waals surface area contributed by atoms with Gasteiger partial charge in [-0.25, -0.2) is 0 Å². The van der Waals surface area contributed by atoms with E-state index in [-0.39, 0.29) is 11.5 Å². The van der Waals surface area contributed by atoms with Gasteiger partial charge >= 0.3 is 21.0 Å². The third kappa shape index (κ3) is 5.25. The molecule has 0 fully saturated rings. The molecule has 7 nitrogen and oxygen atoms in total. The van der Waals surface area contributed by atoms with Crippen molar-refractivity contribution in [1.82, 2.24) is 0 Å². The molecule has 20 heavy (non-hydrogen) atoms. The van der Waals surface area contributed by atoms with Crippen molar-refractivity contribution >= 4 is 0 Å². The predicted octanol–water partition coefficient (Wildman–Crippen LogP) is -0.0667. The molecule has 105 valence electrons. The van der Waals surface area contributed by atoms with Crippen LogP contribution >= 0.6 is 0 Å². The first-order valence-corrected chi connectivity index (χ1v) is 5.69. The molecule has 0 aromatic carbocycles. The maximum absolute atomic E-state index is 10.6. The number of aryl methyl sites for hydroxylation is 2. The second-order valence-corrected chi connectivity index (χ2v) is 3.34. The summed E-state index contributed by atoms with van der Waals surface area (Å²) in [5, 5.41) is 0. The summed E-state index contributed by atoms with van der Waals surface area (Å²) in [4.78, 5) is 42.1. The quantitative estimate of drug-likeness (QED) is 0.494. The second kappa shape index (κ2) is 8.90. The normalized spacial score (nSPS) is 8.80. The number of rotatable bonds is 0. The number of hydrogen-bond donors (Lipinski definition) is 0. The van der Waals surface area contributed by atoms with Gasteiger partial charge in [0.05, 0.1) is 0 Å². The Morgan fingerprint density at radius 3 is 1.30 bits per heavy atom. The Morgan fingerprint density at radius 1 is 0.800 bits per heavy atom. The van der Waals surface area contributed by atoms with E-state index in [0.717, 1.165) is 29.5 Å². The van der Waals surface area contributed by atoms with Crippen molar-refractivity contribution in [2.24, 2.45) is 0 Å². The van der Waals surface area contributed by atoms with E-state index in [0.29, 0.717) is 0 Å². The van der Waals surface area contributed by atoms with Gasteiger partial charge in [-0.05, 0) is 12.5 Å². The van der Waals surface area contributed by atoms with E-state index < -0.39 is 21.7 Å². The molecule has 0 N–H and O–H groups in total. The van der Waals surface area contributed by atoms with Crippen molar-refractivity contribution in [3.05, 3.63) is 77.1 Å². The first kappa shape index (κ1) is 17.9. The zero-order valence-corrected chi connectivity index (χ0v) is 12.0. The van der Waals surface area contributed by atoms with Crippen LogP contribution in [0.2, 0.25) is 0 Å². The van der Waals surface area contributed by atoms with Crippen molar-refractivity contribution in [1.29, 1.82) is 0 Å². The summed E-state index contributed by atoms with van der Waals surface area (Å²) in [7, 11) is 0. The molecule has 2 heterocycles. The van der Waals surface area contributed by atoms with Crippen molar-refractivity contribution in [2.75, 3.05) is 0 Å². The van der Waals surface area contributed by atoms with Gasteiger partial charge in [0.15, 0.2) is 10.9 Å². The third-order valence-electron chi connectivity index (χ3n) is 2.02. The Kier molecular flexibility index (Phi) is 7.95. The molecular weight excluding hydrogens is 307 g/mol. The van der Waals surface area contributed by atoms with Gasteiger partial charge < -0.3 is 28.0 Å². The van der Waals surface area contributed by atoms with Crippen LogP contribution in [-0.2, 0) is 21.0 Å². The zero-order chi connectivity index (χ0) is 15.7.